The molecular formula is C12H16N2OS. The third-order valence-electron chi connectivity index (χ3n) is 2.75. The Balaban J connectivity index is 2.13. The van der Waals surface area contributed by atoms with E-state index < -0.39 is 0 Å². The van der Waals surface area contributed by atoms with Crippen LogP contribution in [0.5, 0.6) is 0 Å². The SMILES string of the molecule is CNC(Cc1nc(C)c(C)s1)c1ccoc1. The molecule has 2 aromatic heterocycles. The van der Waals surface area contributed by atoms with Gasteiger partial charge in [0, 0.05) is 22.9 Å². The van der Waals surface area contributed by atoms with Gasteiger partial charge >= 0.3 is 0 Å². The fourth-order valence-electron chi connectivity index (χ4n) is 1.66. The highest BCUT2D eigenvalue weighted by molar-refractivity contribution is 7.11. The summed E-state index contributed by atoms with van der Waals surface area (Å²) in [6, 6.07) is 2.28. The van der Waals surface area contributed by atoms with Gasteiger partial charge in [0.15, 0.2) is 0 Å². The number of hydrogen-bond acceptors (Lipinski definition) is 4. The van der Waals surface area contributed by atoms with E-state index in [1.165, 1.54) is 15.4 Å². The number of aromatic nitrogens is 1. The van der Waals surface area contributed by atoms with E-state index >= 15 is 0 Å². The second-order valence-electron chi connectivity index (χ2n) is 3.85. The van der Waals surface area contributed by atoms with Gasteiger partial charge < -0.3 is 9.73 Å². The third kappa shape index (κ3) is 2.33. The molecule has 0 amide bonds. The fraction of sp³-hybridized carbons (Fsp3) is 0.417. The summed E-state index contributed by atoms with van der Waals surface area (Å²) >= 11 is 1.77. The van der Waals surface area contributed by atoms with Gasteiger partial charge in [-0.3, -0.25) is 0 Å². The van der Waals surface area contributed by atoms with Crippen molar-refractivity contribution in [3.63, 3.8) is 0 Å². The van der Waals surface area contributed by atoms with Crippen molar-refractivity contribution in [2.75, 3.05) is 7.05 Å². The molecule has 0 bridgehead atoms. The van der Waals surface area contributed by atoms with Crippen LogP contribution in [0.2, 0.25) is 0 Å². The third-order valence-corrected chi connectivity index (χ3v) is 3.84. The highest BCUT2D eigenvalue weighted by atomic mass is 32.1. The predicted octanol–water partition coefficient (Wildman–Crippen LogP) is 2.86. The number of nitrogens with zero attached hydrogens (tertiary/aromatic N) is 1. The quantitative estimate of drug-likeness (QED) is 0.887. The minimum absolute atomic E-state index is 0.281. The first-order chi connectivity index (χ1) is 7.70. The zero-order valence-electron chi connectivity index (χ0n) is 9.78. The highest BCUT2D eigenvalue weighted by Crippen LogP contribution is 2.23. The zero-order chi connectivity index (χ0) is 11.5. The fourth-order valence-corrected chi connectivity index (χ4v) is 2.64. The lowest BCUT2D eigenvalue weighted by Gasteiger charge is -2.11. The van der Waals surface area contributed by atoms with Gasteiger partial charge in [0.1, 0.15) is 0 Å². The number of hydrogen-bond donors (Lipinski definition) is 1. The first kappa shape index (κ1) is 11.4. The molecule has 0 aliphatic heterocycles. The summed E-state index contributed by atoms with van der Waals surface area (Å²) in [5.74, 6) is 0. The van der Waals surface area contributed by atoms with Gasteiger partial charge in [0.2, 0.25) is 0 Å². The summed E-state index contributed by atoms with van der Waals surface area (Å²) in [4.78, 5) is 5.86. The topological polar surface area (TPSA) is 38.1 Å². The number of furan rings is 1. The van der Waals surface area contributed by atoms with Crippen LogP contribution in [-0.2, 0) is 6.42 Å². The van der Waals surface area contributed by atoms with Crippen molar-refractivity contribution in [1.82, 2.24) is 10.3 Å². The van der Waals surface area contributed by atoms with Crippen molar-refractivity contribution < 1.29 is 4.42 Å². The lowest BCUT2D eigenvalue weighted by molar-refractivity contribution is 0.542. The normalized spacial score (nSPS) is 12.9. The van der Waals surface area contributed by atoms with Gasteiger partial charge in [0.25, 0.3) is 0 Å². The first-order valence-electron chi connectivity index (χ1n) is 5.33. The molecule has 0 saturated heterocycles. The summed E-state index contributed by atoms with van der Waals surface area (Å²) in [5.41, 5.74) is 2.31. The molecule has 16 heavy (non-hydrogen) atoms. The number of rotatable bonds is 4. The van der Waals surface area contributed by atoms with Crippen LogP contribution < -0.4 is 5.32 Å². The summed E-state index contributed by atoms with van der Waals surface area (Å²) in [5, 5.41) is 4.46. The average molecular weight is 236 g/mol. The molecule has 0 saturated carbocycles. The van der Waals surface area contributed by atoms with Crippen LogP contribution in [0, 0.1) is 13.8 Å². The van der Waals surface area contributed by atoms with Crippen molar-refractivity contribution in [2.45, 2.75) is 26.3 Å². The molecule has 0 fully saturated rings. The van der Waals surface area contributed by atoms with Crippen molar-refractivity contribution in [2.24, 2.45) is 0 Å². The van der Waals surface area contributed by atoms with Crippen LogP contribution in [0.4, 0.5) is 0 Å². The number of aryl methyl sites for hydroxylation is 2. The zero-order valence-corrected chi connectivity index (χ0v) is 10.6. The van der Waals surface area contributed by atoms with Crippen LogP contribution in [0.15, 0.2) is 23.0 Å². The Morgan fingerprint density at radius 3 is 2.81 bits per heavy atom. The van der Waals surface area contributed by atoms with Crippen LogP contribution in [0.3, 0.4) is 0 Å². The van der Waals surface area contributed by atoms with Crippen molar-refractivity contribution in [3.8, 4) is 0 Å². The maximum atomic E-state index is 5.11. The van der Waals surface area contributed by atoms with E-state index in [0.29, 0.717) is 0 Å². The second-order valence-corrected chi connectivity index (χ2v) is 5.14. The molecule has 2 rings (SSSR count). The predicted molar refractivity (Wildman–Crippen MR) is 65.8 cm³/mol. The van der Waals surface area contributed by atoms with Gasteiger partial charge in [-0.05, 0) is 27.0 Å². The maximum absolute atomic E-state index is 5.11. The lowest BCUT2D eigenvalue weighted by atomic mass is 10.1. The van der Waals surface area contributed by atoms with Crippen LogP contribution in [0.25, 0.3) is 0 Å². The summed E-state index contributed by atoms with van der Waals surface area (Å²) in [6.45, 7) is 4.17. The maximum Gasteiger partial charge on any atom is 0.0950 e. The van der Waals surface area contributed by atoms with Gasteiger partial charge in [-0.25, -0.2) is 4.98 Å². The van der Waals surface area contributed by atoms with E-state index in [1.807, 2.05) is 13.1 Å². The van der Waals surface area contributed by atoms with Crippen LogP contribution in [-0.4, -0.2) is 12.0 Å². The Kier molecular flexibility index (Phi) is 3.41. The Hall–Kier alpha value is -1.13. The smallest absolute Gasteiger partial charge is 0.0950 e. The van der Waals surface area contributed by atoms with Gasteiger partial charge in [-0.2, -0.15) is 0 Å². The minimum atomic E-state index is 0.281. The number of likely N-dealkylation sites (N-methyl/N-ethyl adjacent to an activating group) is 1. The Morgan fingerprint density at radius 2 is 2.31 bits per heavy atom. The van der Waals surface area contributed by atoms with Crippen LogP contribution in [0.1, 0.15) is 27.2 Å². The minimum Gasteiger partial charge on any atom is -0.472 e. The van der Waals surface area contributed by atoms with E-state index in [9.17, 15) is 0 Å². The molecular weight excluding hydrogens is 220 g/mol. The second kappa shape index (κ2) is 4.80. The average Bonchev–Trinajstić information content (AvgIpc) is 2.86. The van der Waals surface area contributed by atoms with E-state index in [4.69, 9.17) is 4.42 Å². The molecule has 0 aliphatic rings. The molecule has 0 spiro atoms. The van der Waals surface area contributed by atoms with Gasteiger partial charge in [-0.1, -0.05) is 0 Å². The largest absolute Gasteiger partial charge is 0.472 e. The monoisotopic (exact) mass is 236 g/mol. The molecule has 0 radical (unpaired) electrons. The summed E-state index contributed by atoms with van der Waals surface area (Å²) < 4.78 is 5.11. The molecule has 2 heterocycles. The van der Waals surface area contributed by atoms with Crippen LogP contribution >= 0.6 is 11.3 Å². The Labute approximate surface area is 99.5 Å². The van der Waals surface area contributed by atoms with E-state index in [1.54, 1.807) is 23.9 Å². The van der Waals surface area contributed by atoms with Crippen molar-refractivity contribution >= 4 is 11.3 Å². The molecule has 86 valence electrons. The Bertz CT molecular complexity index is 428. The lowest BCUT2D eigenvalue weighted by Crippen LogP contribution is -2.18. The molecule has 1 N–H and O–H groups in total. The summed E-state index contributed by atoms with van der Waals surface area (Å²) in [6.07, 6.45) is 4.40. The molecule has 4 heteroatoms. The number of thiazole rings is 1. The molecule has 1 unspecified atom stereocenters. The van der Waals surface area contributed by atoms with Crippen molar-refractivity contribution in [1.29, 1.82) is 0 Å². The summed E-state index contributed by atoms with van der Waals surface area (Å²) in [7, 11) is 1.96. The molecule has 1 atom stereocenters. The first-order valence-corrected chi connectivity index (χ1v) is 6.14. The van der Waals surface area contributed by atoms with Gasteiger partial charge in [0.05, 0.1) is 23.2 Å². The van der Waals surface area contributed by atoms with Gasteiger partial charge in [-0.15, -0.1) is 11.3 Å². The molecule has 0 aliphatic carbocycles. The van der Waals surface area contributed by atoms with E-state index in [-0.39, 0.29) is 6.04 Å². The standard InChI is InChI=1S/C12H16N2OS/c1-8-9(2)16-12(14-8)6-11(13-3)10-4-5-15-7-10/h4-5,7,11,13H,6H2,1-3H3. The van der Waals surface area contributed by atoms with Crippen molar-refractivity contribution in [3.05, 3.63) is 39.7 Å². The number of nitrogens with one attached hydrogen (secondary N) is 1. The molecule has 0 aromatic carbocycles. The molecule has 2 aromatic rings. The Morgan fingerprint density at radius 1 is 1.50 bits per heavy atom. The van der Waals surface area contributed by atoms with E-state index in [2.05, 4.69) is 24.1 Å². The highest BCUT2D eigenvalue weighted by Gasteiger charge is 2.14. The van der Waals surface area contributed by atoms with E-state index in [0.717, 1.165) is 12.1 Å². The molecule has 3 nitrogen and oxygen atoms in total.